The van der Waals surface area contributed by atoms with E-state index in [-0.39, 0.29) is 13.1 Å². The summed E-state index contributed by atoms with van der Waals surface area (Å²) in [5, 5.41) is 14.4. The van der Waals surface area contributed by atoms with Crippen LogP contribution in [0.5, 0.6) is 5.75 Å². The highest BCUT2D eigenvalue weighted by molar-refractivity contribution is 7.82. The normalized spacial score (nSPS) is 17.0. The summed E-state index contributed by atoms with van der Waals surface area (Å²) in [6.07, 6.45) is -0.604. The third kappa shape index (κ3) is 8.64. The van der Waals surface area contributed by atoms with Crippen LogP contribution in [0.25, 0.3) is 0 Å². The topological polar surface area (TPSA) is 108 Å². The molecule has 4 atom stereocenters. The number of rotatable bonds is 15. The van der Waals surface area contributed by atoms with Crippen molar-refractivity contribution in [3.05, 3.63) is 96.1 Å². The molecule has 42 heavy (non-hydrogen) atoms. The molecular weight excluding hydrogens is 554 g/mol. The van der Waals surface area contributed by atoms with E-state index in [0.717, 1.165) is 24.0 Å². The number of nitrogens with zero attached hydrogens (tertiary/aromatic N) is 2. The number of hydrogen-bond acceptors (Lipinski definition) is 6. The number of carbonyl (C=O) groups is 2. The number of nitrogens with one attached hydrogen (secondary N) is 1. The van der Waals surface area contributed by atoms with Gasteiger partial charge in [0.2, 0.25) is 0 Å². The summed E-state index contributed by atoms with van der Waals surface area (Å²) in [5.74, 6) is 0.117. The van der Waals surface area contributed by atoms with E-state index in [1.807, 2.05) is 67.6 Å². The number of amides is 2. The van der Waals surface area contributed by atoms with Crippen molar-refractivity contribution in [3.8, 4) is 5.75 Å². The molecule has 3 aromatic rings. The molecular formula is C32H39N3O6S. The quantitative estimate of drug-likeness (QED) is 0.277. The largest absolute Gasteiger partial charge is 0.497 e. The summed E-state index contributed by atoms with van der Waals surface area (Å²) in [6, 6.07) is 25.4. The first-order valence-electron chi connectivity index (χ1n) is 14.2. The molecule has 0 aliphatic carbocycles. The number of aliphatic hydroxyl groups excluding tert-OH is 1. The van der Waals surface area contributed by atoms with Crippen molar-refractivity contribution in [2.45, 2.75) is 55.9 Å². The van der Waals surface area contributed by atoms with E-state index < -0.39 is 41.2 Å². The van der Waals surface area contributed by atoms with Gasteiger partial charge in [0, 0.05) is 19.6 Å². The van der Waals surface area contributed by atoms with Crippen molar-refractivity contribution in [2.75, 3.05) is 26.7 Å². The Morgan fingerprint density at radius 1 is 1.10 bits per heavy atom. The van der Waals surface area contributed by atoms with Crippen LogP contribution in [0, 0.1) is 0 Å². The zero-order chi connectivity index (χ0) is 29.9. The summed E-state index contributed by atoms with van der Waals surface area (Å²) in [4.78, 5) is 28.0. The molecule has 1 aliphatic rings. The first kappa shape index (κ1) is 31.2. The lowest BCUT2D eigenvalue weighted by molar-refractivity contribution is -0.129. The SMILES string of the molecule is CCCCN(CC(O)C(Cc1ccccc1)NC(=O)C1CN(Cc2ccccc2)C(=O)O1)S(=O)c1cccc(OC)c1. The molecule has 2 N–H and O–H groups in total. The highest BCUT2D eigenvalue weighted by Crippen LogP contribution is 2.20. The summed E-state index contributed by atoms with van der Waals surface area (Å²) < 4.78 is 26.1. The number of unbranched alkanes of at least 4 members (excludes halogenated alkanes) is 1. The van der Waals surface area contributed by atoms with Crippen LogP contribution in [-0.2, 0) is 33.5 Å². The van der Waals surface area contributed by atoms with E-state index in [1.165, 1.54) is 4.90 Å². The van der Waals surface area contributed by atoms with E-state index >= 15 is 0 Å². The maximum absolute atomic E-state index is 13.6. The molecule has 0 saturated carbocycles. The van der Waals surface area contributed by atoms with Crippen molar-refractivity contribution in [3.63, 3.8) is 0 Å². The maximum atomic E-state index is 13.6. The number of carbonyl (C=O) groups excluding carboxylic acids is 2. The van der Waals surface area contributed by atoms with Gasteiger partial charge in [-0.3, -0.25) is 9.69 Å². The molecule has 4 unspecified atom stereocenters. The highest BCUT2D eigenvalue weighted by Gasteiger charge is 2.38. The smallest absolute Gasteiger partial charge is 0.411 e. The van der Waals surface area contributed by atoms with Crippen molar-refractivity contribution in [1.82, 2.24) is 14.5 Å². The number of methoxy groups -OCH3 is 1. The van der Waals surface area contributed by atoms with Crippen LogP contribution in [0.4, 0.5) is 4.79 Å². The van der Waals surface area contributed by atoms with Gasteiger partial charge in [-0.25, -0.2) is 13.3 Å². The van der Waals surface area contributed by atoms with Crippen molar-refractivity contribution < 1.29 is 28.4 Å². The fourth-order valence-corrected chi connectivity index (χ4v) is 6.07. The number of cyclic esters (lactones) is 1. The predicted octanol–water partition coefficient (Wildman–Crippen LogP) is 3.93. The minimum absolute atomic E-state index is 0.0617. The third-order valence-corrected chi connectivity index (χ3v) is 8.57. The lowest BCUT2D eigenvalue weighted by atomic mass is 10.0. The molecule has 0 bridgehead atoms. The minimum Gasteiger partial charge on any atom is -0.497 e. The van der Waals surface area contributed by atoms with Crippen LogP contribution < -0.4 is 10.1 Å². The third-order valence-electron chi connectivity index (χ3n) is 7.12. The minimum atomic E-state index is -1.56. The Morgan fingerprint density at radius 3 is 2.45 bits per heavy atom. The van der Waals surface area contributed by atoms with Gasteiger partial charge in [-0.05, 0) is 42.2 Å². The van der Waals surface area contributed by atoms with Gasteiger partial charge in [0.1, 0.15) is 16.7 Å². The van der Waals surface area contributed by atoms with Crippen molar-refractivity contribution in [2.24, 2.45) is 0 Å². The Kier molecular flexibility index (Phi) is 11.5. The van der Waals surface area contributed by atoms with E-state index in [1.54, 1.807) is 35.7 Å². The monoisotopic (exact) mass is 593 g/mol. The molecule has 0 spiro atoms. The fourth-order valence-electron chi connectivity index (χ4n) is 4.78. The Bertz CT molecular complexity index is 1330. The Labute approximate surface area is 250 Å². The Balaban J connectivity index is 1.48. The fraction of sp³-hybridized carbons (Fsp3) is 0.375. The molecule has 10 heteroatoms. The Hall–Kier alpha value is -3.73. The second-order valence-electron chi connectivity index (χ2n) is 10.3. The summed E-state index contributed by atoms with van der Waals surface area (Å²) >= 11 is 0. The van der Waals surface area contributed by atoms with Crippen LogP contribution in [0.3, 0.4) is 0 Å². The summed E-state index contributed by atoms with van der Waals surface area (Å²) in [7, 11) is -0.00172. The van der Waals surface area contributed by atoms with Gasteiger partial charge in [-0.1, -0.05) is 80.1 Å². The molecule has 9 nitrogen and oxygen atoms in total. The van der Waals surface area contributed by atoms with Crippen LogP contribution in [0.1, 0.15) is 30.9 Å². The maximum Gasteiger partial charge on any atom is 0.411 e. The predicted molar refractivity (Wildman–Crippen MR) is 161 cm³/mol. The van der Waals surface area contributed by atoms with Gasteiger partial charge in [-0.2, -0.15) is 0 Å². The second-order valence-corrected chi connectivity index (χ2v) is 11.8. The molecule has 2 amide bonds. The van der Waals surface area contributed by atoms with Gasteiger partial charge in [-0.15, -0.1) is 0 Å². The molecule has 1 aliphatic heterocycles. The number of aliphatic hydroxyl groups is 1. The molecule has 1 fully saturated rings. The lowest BCUT2D eigenvalue weighted by Crippen LogP contribution is -2.52. The average Bonchev–Trinajstić information content (AvgIpc) is 3.39. The average molecular weight is 594 g/mol. The van der Waals surface area contributed by atoms with Gasteiger partial charge >= 0.3 is 6.09 Å². The van der Waals surface area contributed by atoms with E-state index in [4.69, 9.17) is 9.47 Å². The summed E-state index contributed by atoms with van der Waals surface area (Å²) in [6.45, 7) is 3.05. The van der Waals surface area contributed by atoms with Gasteiger partial charge in [0.15, 0.2) is 6.10 Å². The number of hydrogen-bond donors (Lipinski definition) is 2. The highest BCUT2D eigenvalue weighted by atomic mass is 32.2. The Morgan fingerprint density at radius 2 is 1.79 bits per heavy atom. The zero-order valence-electron chi connectivity index (χ0n) is 24.1. The van der Waals surface area contributed by atoms with Crippen LogP contribution in [0.2, 0.25) is 0 Å². The molecule has 4 rings (SSSR count). The van der Waals surface area contributed by atoms with Crippen LogP contribution >= 0.6 is 0 Å². The molecule has 1 saturated heterocycles. The van der Waals surface area contributed by atoms with Crippen molar-refractivity contribution >= 4 is 23.0 Å². The molecule has 3 aromatic carbocycles. The zero-order valence-corrected chi connectivity index (χ0v) is 24.9. The summed E-state index contributed by atoms with van der Waals surface area (Å²) in [5.41, 5.74) is 1.86. The molecule has 1 heterocycles. The van der Waals surface area contributed by atoms with E-state index in [2.05, 4.69) is 5.32 Å². The number of benzene rings is 3. The molecule has 0 radical (unpaired) electrons. The van der Waals surface area contributed by atoms with Gasteiger partial charge in [0.25, 0.3) is 5.91 Å². The lowest BCUT2D eigenvalue weighted by Gasteiger charge is -2.30. The first-order valence-corrected chi connectivity index (χ1v) is 15.3. The number of ether oxygens (including phenoxy) is 2. The van der Waals surface area contributed by atoms with Crippen LogP contribution in [0.15, 0.2) is 89.8 Å². The van der Waals surface area contributed by atoms with Gasteiger partial charge < -0.3 is 19.9 Å². The van der Waals surface area contributed by atoms with E-state index in [9.17, 15) is 18.9 Å². The molecule has 224 valence electrons. The van der Waals surface area contributed by atoms with E-state index in [0.29, 0.717) is 30.2 Å². The van der Waals surface area contributed by atoms with Gasteiger partial charge in [0.05, 0.1) is 30.7 Å². The second kappa shape index (κ2) is 15.5. The van der Waals surface area contributed by atoms with Crippen molar-refractivity contribution in [1.29, 1.82) is 0 Å². The standard InChI is InChI=1S/C32H39N3O6S/c1-3-4-18-35(42(39)27-17-11-16-26(20-27)40-2)22-29(36)28(19-24-12-7-5-8-13-24)33-31(37)30-23-34(32(38)41-30)21-25-14-9-6-10-15-25/h5-17,20,28-30,36H,3-4,18-19,21-23H2,1-2H3,(H,33,37). The van der Waals surface area contributed by atoms with Crippen LogP contribution in [-0.4, -0.2) is 75.5 Å². The first-order chi connectivity index (χ1) is 20.4. The molecule has 0 aromatic heterocycles.